The normalized spacial score (nSPS) is 14.6. The summed E-state index contributed by atoms with van der Waals surface area (Å²) < 4.78 is 14.3. The van der Waals surface area contributed by atoms with Gasteiger partial charge in [0.05, 0.1) is 24.3 Å². The topological polar surface area (TPSA) is 49.1 Å². The van der Waals surface area contributed by atoms with E-state index in [1.54, 1.807) is 0 Å². The third-order valence-corrected chi connectivity index (χ3v) is 6.91. The minimum atomic E-state index is -0.143. The van der Waals surface area contributed by atoms with E-state index in [1.165, 1.54) is 17.0 Å². The van der Waals surface area contributed by atoms with Gasteiger partial charge < -0.3 is 14.8 Å². The molecular weight excluding hydrogens is 460 g/mol. The number of para-hydroxylation sites is 1. The maximum atomic E-state index is 6.09. The molecule has 0 bridgehead atoms. The van der Waals surface area contributed by atoms with Crippen molar-refractivity contribution in [1.29, 1.82) is 0 Å². The summed E-state index contributed by atoms with van der Waals surface area (Å²) in [4.78, 5) is 0. The summed E-state index contributed by atoms with van der Waals surface area (Å²) in [6, 6.07) is 24.5. The summed E-state index contributed by atoms with van der Waals surface area (Å²) in [5.74, 6) is 1.68. The molecule has 0 amide bonds. The van der Waals surface area contributed by atoms with Gasteiger partial charge in [-0.15, -0.1) is 0 Å². The minimum Gasteiger partial charge on any atom is -0.493 e. The van der Waals surface area contributed by atoms with Gasteiger partial charge in [0.2, 0.25) is 11.4 Å². The van der Waals surface area contributed by atoms with Crippen molar-refractivity contribution in [3.63, 3.8) is 0 Å². The Morgan fingerprint density at radius 1 is 0.919 bits per heavy atom. The molecule has 0 atom stereocenters. The Bertz CT molecular complexity index is 1280. The molecule has 3 aromatic carbocycles. The summed E-state index contributed by atoms with van der Waals surface area (Å²) in [7, 11) is 5.97. The molecular formula is C31H39N4O2+. The number of hydrogen-bond donors (Lipinski definition) is 1. The van der Waals surface area contributed by atoms with Gasteiger partial charge in [-0.2, -0.15) is 9.68 Å². The lowest BCUT2D eigenvalue weighted by Crippen LogP contribution is -2.30. The number of hydrogen-bond acceptors (Lipinski definition) is 5. The molecule has 0 spiro atoms. The average molecular weight is 500 g/mol. The highest BCUT2D eigenvalue weighted by atomic mass is 16.5. The number of nitrogens with zero attached hydrogens (tertiary/aromatic N) is 3. The molecule has 0 fully saturated rings. The maximum Gasteiger partial charge on any atom is 0.212 e. The van der Waals surface area contributed by atoms with Gasteiger partial charge in [-0.05, 0) is 62.4 Å². The van der Waals surface area contributed by atoms with Crippen LogP contribution >= 0.6 is 0 Å². The summed E-state index contributed by atoms with van der Waals surface area (Å²) in [6.45, 7) is 9.89. The summed E-state index contributed by atoms with van der Waals surface area (Å²) in [5, 5.41) is 9.76. The fraction of sp³-hybridized carbons (Fsp3) is 0.355. The van der Waals surface area contributed by atoms with Gasteiger partial charge in [0, 0.05) is 36.8 Å². The van der Waals surface area contributed by atoms with Crippen molar-refractivity contribution >= 4 is 29.0 Å². The standard InChI is InChI=1S/C31H39N4O2/c1-30(2,21-36-25-16-12-23(32-5)13-17-25)22-37-26-18-14-24(15-19-26)35(7)33-20-29-31(3,4)27-10-8-9-11-28(27)34(29)6/h8-20,32H,21-22H2,1-7H3/q+1. The van der Waals surface area contributed by atoms with E-state index in [1.807, 2.05) is 73.8 Å². The predicted octanol–water partition coefficient (Wildman–Crippen LogP) is 6.34. The molecule has 0 saturated carbocycles. The van der Waals surface area contributed by atoms with E-state index in [2.05, 4.69) is 68.9 Å². The number of ether oxygens (including phenoxy) is 2. The molecule has 1 heterocycles. The molecule has 1 aliphatic rings. The third kappa shape index (κ3) is 5.96. The van der Waals surface area contributed by atoms with Crippen LogP contribution in [0.5, 0.6) is 11.5 Å². The van der Waals surface area contributed by atoms with Crippen molar-refractivity contribution in [2.24, 2.45) is 10.5 Å². The lowest BCUT2D eigenvalue weighted by molar-refractivity contribution is -0.400. The van der Waals surface area contributed by atoms with Crippen LogP contribution < -0.4 is 19.8 Å². The molecule has 0 aromatic heterocycles. The van der Waals surface area contributed by atoms with Gasteiger partial charge in [0.25, 0.3) is 0 Å². The first kappa shape index (κ1) is 26.3. The molecule has 0 saturated heterocycles. The first-order chi connectivity index (χ1) is 17.6. The Morgan fingerprint density at radius 3 is 2.05 bits per heavy atom. The fourth-order valence-corrected chi connectivity index (χ4v) is 4.51. The van der Waals surface area contributed by atoms with Crippen molar-refractivity contribution in [1.82, 2.24) is 0 Å². The zero-order valence-electron chi connectivity index (χ0n) is 23.1. The summed E-state index contributed by atoms with van der Waals surface area (Å²) in [6.07, 6.45) is 1.97. The second-order valence-corrected chi connectivity index (χ2v) is 10.9. The number of fused-ring (bicyclic) bond motifs is 1. The molecule has 1 N–H and O–H groups in total. The van der Waals surface area contributed by atoms with Crippen LogP contribution in [0.3, 0.4) is 0 Å². The molecule has 37 heavy (non-hydrogen) atoms. The van der Waals surface area contributed by atoms with Crippen LogP contribution in [-0.2, 0) is 5.41 Å². The number of rotatable bonds is 10. The Balaban J connectivity index is 1.32. The molecule has 0 unspecified atom stereocenters. The quantitative estimate of drug-likeness (QED) is 0.201. The lowest BCUT2D eigenvalue weighted by Gasteiger charge is -2.25. The van der Waals surface area contributed by atoms with E-state index in [-0.39, 0.29) is 10.8 Å². The molecule has 3 aromatic rings. The third-order valence-electron chi connectivity index (χ3n) is 6.91. The number of hydrazone groups is 1. The molecule has 4 rings (SSSR count). The fourth-order valence-electron chi connectivity index (χ4n) is 4.51. The summed E-state index contributed by atoms with van der Waals surface area (Å²) >= 11 is 0. The predicted molar refractivity (Wildman–Crippen MR) is 154 cm³/mol. The van der Waals surface area contributed by atoms with E-state index in [0.29, 0.717) is 13.2 Å². The van der Waals surface area contributed by atoms with Gasteiger partial charge >= 0.3 is 0 Å². The van der Waals surface area contributed by atoms with Crippen LogP contribution in [-0.4, -0.2) is 50.9 Å². The van der Waals surface area contributed by atoms with E-state index in [9.17, 15) is 0 Å². The first-order valence-electron chi connectivity index (χ1n) is 12.7. The smallest absolute Gasteiger partial charge is 0.212 e. The SMILES string of the molecule is CNc1ccc(OCC(C)(C)COc2ccc(N(C)/N=C/C3=[N+](C)c4ccccc4C3(C)C)cc2)cc1. The number of benzene rings is 3. The van der Waals surface area contributed by atoms with Crippen LogP contribution in [0, 0.1) is 5.41 Å². The molecule has 0 radical (unpaired) electrons. The number of anilines is 2. The Labute approximate surface area is 221 Å². The van der Waals surface area contributed by atoms with Gasteiger partial charge in [0.15, 0.2) is 0 Å². The second kappa shape index (κ2) is 10.7. The first-order valence-corrected chi connectivity index (χ1v) is 12.7. The van der Waals surface area contributed by atoms with Crippen LogP contribution in [0.25, 0.3) is 0 Å². The van der Waals surface area contributed by atoms with Gasteiger partial charge in [-0.3, -0.25) is 5.01 Å². The van der Waals surface area contributed by atoms with Gasteiger partial charge in [-0.1, -0.05) is 32.0 Å². The molecule has 6 heteroatoms. The van der Waals surface area contributed by atoms with Crippen LogP contribution in [0.4, 0.5) is 17.1 Å². The van der Waals surface area contributed by atoms with Crippen molar-refractivity contribution in [2.75, 3.05) is 44.7 Å². The lowest BCUT2D eigenvalue weighted by atomic mass is 9.82. The van der Waals surface area contributed by atoms with E-state index < -0.39 is 0 Å². The van der Waals surface area contributed by atoms with Crippen LogP contribution in [0.15, 0.2) is 77.9 Å². The highest BCUT2D eigenvalue weighted by Gasteiger charge is 2.43. The van der Waals surface area contributed by atoms with Crippen molar-refractivity contribution in [3.05, 3.63) is 78.4 Å². The molecule has 194 valence electrons. The van der Waals surface area contributed by atoms with Gasteiger partial charge in [-0.25, -0.2) is 0 Å². The van der Waals surface area contributed by atoms with Gasteiger partial charge in [0.1, 0.15) is 24.8 Å². The number of nitrogens with one attached hydrogen (secondary N) is 1. The molecule has 1 aliphatic heterocycles. The van der Waals surface area contributed by atoms with Crippen molar-refractivity contribution in [3.8, 4) is 11.5 Å². The Morgan fingerprint density at radius 2 is 1.49 bits per heavy atom. The van der Waals surface area contributed by atoms with E-state index in [4.69, 9.17) is 14.6 Å². The monoisotopic (exact) mass is 499 g/mol. The highest BCUT2D eigenvalue weighted by Crippen LogP contribution is 2.38. The Hall–Kier alpha value is -3.80. The average Bonchev–Trinajstić information content (AvgIpc) is 3.10. The van der Waals surface area contributed by atoms with Crippen molar-refractivity contribution < 1.29 is 14.0 Å². The molecule has 6 nitrogen and oxygen atoms in total. The zero-order valence-corrected chi connectivity index (χ0v) is 23.1. The summed E-state index contributed by atoms with van der Waals surface area (Å²) in [5.41, 5.74) is 5.54. The second-order valence-electron chi connectivity index (χ2n) is 10.9. The maximum absolute atomic E-state index is 6.09. The highest BCUT2D eigenvalue weighted by molar-refractivity contribution is 6.33. The Kier molecular flexibility index (Phi) is 7.58. The largest absolute Gasteiger partial charge is 0.493 e. The van der Waals surface area contributed by atoms with Crippen molar-refractivity contribution in [2.45, 2.75) is 33.1 Å². The van der Waals surface area contributed by atoms with Crippen LogP contribution in [0.1, 0.15) is 33.3 Å². The van der Waals surface area contributed by atoms with Crippen LogP contribution in [0.2, 0.25) is 0 Å². The molecule has 0 aliphatic carbocycles. The van der Waals surface area contributed by atoms with E-state index in [0.717, 1.165) is 22.9 Å². The minimum absolute atomic E-state index is 0.0972. The zero-order chi connectivity index (χ0) is 26.6. The van der Waals surface area contributed by atoms with E-state index >= 15 is 0 Å².